The SMILES string of the molecule is C=CC1=C(/C=C/N)C(C)OC(=O)N1CCC. The van der Waals surface area contributed by atoms with Gasteiger partial charge >= 0.3 is 6.09 Å². The first-order chi connectivity index (χ1) is 7.65. The molecule has 4 nitrogen and oxygen atoms in total. The van der Waals surface area contributed by atoms with Crippen molar-refractivity contribution in [2.24, 2.45) is 5.73 Å². The number of allylic oxidation sites excluding steroid dienone is 1. The molecule has 2 N–H and O–H groups in total. The molecule has 0 saturated heterocycles. The summed E-state index contributed by atoms with van der Waals surface area (Å²) in [6.07, 6.45) is 5.12. The Kier molecular flexibility index (Phi) is 4.17. The van der Waals surface area contributed by atoms with Crippen LogP contribution in [-0.2, 0) is 4.74 Å². The summed E-state index contributed by atoms with van der Waals surface area (Å²) in [6.45, 7) is 8.18. The fraction of sp³-hybridized carbons (Fsp3) is 0.417. The van der Waals surface area contributed by atoms with Crippen LogP contribution in [0.25, 0.3) is 0 Å². The van der Waals surface area contributed by atoms with Gasteiger partial charge in [0.2, 0.25) is 0 Å². The molecule has 0 fully saturated rings. The summed E-state index contributed by atoms with van der Waals surface area (Å²) in [4.78, 5) is 13.3. The van der Waals surface area contributed by atoms with E-state index in [0.29, 0.717) is 6.54 Å². The number of hydrogen-bond donors (Lipinski definition) is 1. The molecule has 0 saturated carbocycles. The molecule has 1 amide bonds. The number of hydrogen-bond acceptors (Lipinski definition) is 3. The highest BCUT2D eigenvalue weighted by atomic mass is 16.6. The summed E-state index contributed by atoms with van der Waals surface area (Å²) >= 11 is 0. The molecule has 0 aromatic rings. The van der Waals surface area contributed by atoms with Crippen LogP contribution in [0.15, 0.2) is 36.2 Å². The Morgan fingerprint density at radius 3 is 2.81 bits per heavy atom. The van der Waals surface area contributed by atoms with Gasteiger partial charge in [-0.25, -0.2) is 4.79 Å². The molecule has 0 radical (unpaired) electrons. The first kappa shape index (κ1) is 12.4. The maximum absolute atomic E-state index is 11.7. The van der Waals surface area contributed by atoms with E-state index in [-0.39, 0.29) is 12.2 Å². The van der Waals surface area contributed by atoms with E-state index in [2.05, 4.69) is 6.58 Å². The smallest absolute Gasteiger partial charge is 0.414 e. The molecule has 0 aromatic heterocycles. The van der Waals surface area contributed by atoms with Gasteiger partial charge in [0.05, 0.1) is 5.70 Å². The van der Waals surface area contributed by atoms with Gasteiger partial charge < -0.3 is 10.5 Å². The zero-order valence-corrected chi connectivity index (χ0v) is 9.77. The van der Waals surface area contributed by atoms with Gasteiger partial charge in [-0.15, -0.1) is 0 Å². The van der Waals surface area contributed by atoms with Crippen molar-refractivity contribution in [2.75, 3.05) is 6.54 Å². The van der Waals surface area contributed by atoms with Gasteiger partial charge in [0, 0.05) is 12.1 Å². The Hall–Kier alpha value is -1.71. The van der Waals surface area contributed by atoms with E-state index < -0.39 is 0 Å². The van der Waals surface area contributed by atoms with E-state index >= 15 is 0 Å². The van der Waals surface area contributed by atoms with Gasteiger partial charge in [-0.3, -0.25) is 4.90 Å². The van der Waals surface area contributed by atoms with Gasteiger partial charge in [-0.2, -0.15) is 0 Å². The molecule has 1 unspecified atom stereocenters. The van der Waals surface area contributed by atoms with Crippen LogP contribution in [0.4, 0.5) is 4.79 Å². The van der Waals surface area contributed by atoms with Crippen LogP contribution in [0, 0.1) is 0 Å². The van der Waals surface area contributed by atoms with Crippen molar-refractivity contribution in [3.8, 4) is 0 Å². The molecular formula is C12H18N2O2. The third-order valence-corrected chi connectivity index (χ3v) is 2.44. The Balaban J connectivity index is 3.17. The molecule has 1 atom stereocenters. The summed E-state index contributed by atoms with van der Waals surface area (Å²) < 4.78 is 5.22. The van der Waals surface area contributed by atoms with Crippen LogP contribution in [0.5, 0.6) is 0 Å². The molecule has 1 aliphatic heterocycles. The summed E-state index contributed by atoms with van der Waals surface area (Å²) in [6, 6.07) is 0. The molecule has 0 aliphatic carbocycles. The largest absolute Gasteiger partial charge is 0.441 e. The Morgan fingerprint density at radius 2 is 2.31 bits per heavy atom. The minimum absolute atomic E-state index is 0.284. The van der Waals surface area contributed by atoms with E-state index in [1.165, 1.54) is 6.20 Å². The van der Waals surface area contributed by atoms with Crippen molar-refractivity contribution in [1.29, 1.82) is 0 Å². The van der Waals surface area contributed by atoms with Gasteiger partial charge in [0.15, 0.2) is 0 Å². The first-order valence-corrected chi connectivity index (χ1v) is 5.38. The number of nitrogens with zero attached hydrogens (tertiary/aromatic N) is 1. The van der Waals surface area contributed by atoms with Crippen molar-refractivity contribution in [2.45, 2.75) is 26.4 Å². The van der Waals surface area contributed by atoms with Gasteiger partial charge in [0.1, 0.15) is 6.10 Å². The quantitative estimate of drug-likeness (QED) is 0.793. The lowest BCUT2D eigenvalue weighted by Crippen LogP contribution is -2.39. The molecule has 88 valence electrons. The third kappa shape index (κ3) is 2.27. The summed E-state index contributed by atoms with van der Waals surface area (Å²) in [5.41, 5.74) is 7.05. The molecule has 1 heterocycles. The standard InChI is InChI=1S/C12H18N2O2/c1-4-8-14-11(5-2)10(6-7-13)9(3)16-12(14)15/h5-7,9H,2,4,8,13H2,1,3H3/b7-6+. The van der Waals surface area contributed by atoms with Crippen LogP contribution in [0.1, 0.15) is 20.3 Å². The molecular weight excluding hydrogens is 204 g/mol. The monoisotopic (exact) mass is 222 g/mol. The number of carbonyl (C=O) groups excluding carboxylic acids is 1. The molecule has 0 bridgehead atoms. The van der Waals surface area contributed by atoms with Crippen LogP contribution >= 0.6 is 0 Å². The third-order valence-electron chi connectivity index (χ3n) is 2.44. The molecule has 0 aromatic carbocycles. The van der Waals surface area contributed by atoms with Crippen molar-refractivity contribution < 1.29 is 9.53 Å². The molecule has 16 heavy (non-hydrogen) atoms. The average Bonchev–Trinajstić information content (AvgIpc) is 2.25. The molecule has 1 rings (SSSR count). The van der Waals surface area contributed by atoms with E-state index in [1.54, 1.807) is 17.1 Å². The van der Waals surface area contributed by atoms with E-state index in [4.69, 9.17) is 10.5 Å². The molecule has 4 heteroatoms. The number of nitrogens with two attached hydrogens (primary N) is 1. The summed E-state index contributed by atoms with van der Waals surface area (Å²) in [5, 5.41) is 0. The highest BCUT2D eigenvalue weighted by Crippen LogP contribution is 2.25. The second kappa shape index (κ2) is 5.39. The number of rotatable bonds is 4. The Bertz CT molecular complexity index is 345. The number of ether oxygens (including phenoxy) is 1. The summed E-state index contributed by atoms with van der Waals surface area (Å²) in [5.74, 6) is 0. The Labute approximate surface area is 96.1 Å². The fourth-order valence-corrected chi connectivity index (χ4v) is 1.73. The maximum atomic E-state index is 11.7. The van der Waals surface area contributed by atoms with Crippen molar-refractivity contribution in [3.05, 3.63) is 36.2 Å². The fourth-order valence-electron chi connectivity index (χ4n) is 1.73. The highest BCUT2D eigenvalue weighted by molar-refractivity contribution is 5.73. The van der Waals surface area contributed by atoms with Crippen molar-refractivity contribution in [3.63, 3.8) is 0 Å². The van der Waals surface area contributed by atoms with Crippen molar-refractivity contribution in [1.82, 2.24) is 4.90 Å². The summed E-state index contributed by atoms with van der Waals surface area (Å²) in [7, 11) is 0. The van der Waals surface area contributed by atoms with Crippen LogP contribution in [0.2, 0.25) is 0 Å². The molecule has 0 spiro atoms. The van der Waals surface area contributed by atoms with E-state index in [9.17, 15) is 4.79 Å². The highest BCUT2D eigenvalue weighted by Gasteiger charge is 2.29. The number of amides is 1. The number of carbonyl (C=O) groups is 1. The lowest BCUT2D eigenvalue weighted by molar-refractivity contribution is 0.0809. The predicted octanol–water partition coefficient (Wildman–Crippen LogP) is 2.15. The second-order valence-electron chi connectivity index (χ2n) is 3.58. The zero-order chi connectivity index (χ0) is 12.1. The lowest BCUT2D eigenvalue weighted by atomic mass is 10.1. The van der Waals surface area contributed by atoms with Crippen molar-refractivity contribution >= 4 is 6.09 Å². The lowest BCUT2D eigenvalue weighted by Gasteiger charge is -2.32. The van der Waals surface area contributed by atoms with Crippen LogP contribution in [0.3, 0.4) is 0 Å². The normalized spacial score (nSPS) is 21.5. The molecule has 1 aliphatic rings. The van der Waals surface area contributed by atoms with Gasteiger partial charge in [-0.1, -0.05) is 13.5 Å². The maximum Gasteiger partial charge on any atom is 0.414 e. The van der Waals surface area contributed by atoms with E-state index in [1.807, 2.05) is 13.8 Å². The van der Waals surface area contributed by atoms with Gasteiger partial charge in [-0.05, 0) is 31.7 Å². The Morgan fingerprint density at radius 1 is 1.62 bits per heavy atom. The first-order valence-electron chi connectivity index (χ1n) is 5.38. The topological polar surface area (TPSA) is 55.6 Å². The number of cyclic esters (lactones) is 1. The predicted molar refractivity (Wildman–Crippen MR) is 63.5 cm³/mol. The minimum atomic E-state index is -0.321. The second-order valence-corrected chi connectivity index (χ2v) is 3.58. The van der Waals surface area contributed by atoms with Gasteiger partial charge in [0.25, 0.3) is 0 Å². The average molecular weight is 222 g/mol. The van der Waals surface area contributed by atoms with Crippen LogP contribution < -0.4 is 5.73 Å². The van der Waals surface area contributed by atoms with Crippen LogP contribution in [-0.4, -0.2) is 23.6 Å². The minimum Gasteiger partial charge on any atom is -0.441 e. The zero-order valence-electron chi connectivity index (χ0n) is 9.77. The van der Waals surface area contributed by atoms with E-state index in [0.717, 1.165) is 17.7 Å².